The van der Waals surface area contributed by atoms with E-state index in [1.165, 1.54) is 25.4 Å². The number of carbonyl (C=O) groups excluding carboxylic acids is 1. The molecule has 1 heterocycles. The lowest BCUT2D eigenvalue weighted by Gasteiger charge is -2.16. The van der Waals surface area contributed by atoms with Gasteiger partial charge in [-0.05, 0) is 37.1 Å². The first kappa shape index (κ1) is 16.5. The maximum atomic E-state index is 13.3. The molecule has 0 bridgehead atoms. The van der Waals surface area contributed by atoms with Gasteiger partial charge in [-0.25, -0.2) is 9.37 Å². The molecule has 0 spiro atoms. The van der Waals surface area contributed by atoms with Crippen LogP contribution in [-0.2, 0) is 0 Å². The Labute approximate surface area is 133 Å². The van der Waals surface area contributed by atoms with Gasteiger partial charge in [0.25, 0.3) is 5.91 Å². The number of anilines is 1. The summed E-state index contributed by atoms with van der Waals surface area (Å²) in [7, 11) is 1.52. The van der Waals surface area contributed by atoms with E-state index in [-0.39, 0.29) is 11.1 Å². The zero-order chi connectivity index (χ0) is 17.1. The zero-order valence-electron chi connectivity index (χ0n) is 13.1. The highest BCUT2D eigenvalue weighted by molar-refractivity contribution is 6.05. The molecular weight excluding hydrogens is 299 g/mol. The lowest BCUT2D eigenvalue weighted by atomic mass is 10.0. The standard InChI is InChI=1S/C17H17FN2O3/c1-9-6-15(21)14(11(3)18)7-13(9)17(22)20-16-10(2)5-12(23-4)8-19-16/h5-8,21H,3H2,1-2,4H3,(H,19,20,22)/p-1. The maximum Gasteiger partial charge on any atom is 0.257 e. The molecule has 0 atom stereocenters. The largest absolute Gasteiger partial charge is 0.872 e. The summed E-state index contributed by atoms with van der Waals surface area (Å²) >= 11 is 0. The van der Waals surface area contributed by atoms with Crippen molar-refractivity contribution in [3.63, 3.8) is 0 Å². The van der Waals surface area contributed by atoms with E-state index < -0.39 is 17.5 Å². The summed E-state index contributed by atoms with van der Waals surface area (Å²) in [5.41, 5.74) is 1.13. The van der Waals surface area contributed by atoms with Crippen LogP contribution in [0.3, 0.4) is 0 Å². The number of carbonyl (C=O) groups is 1. The summed E-state index contributed by atoms with van der Waals surface area (Å²) in [5, 5.41) is 14.3. The molecule has 0 aliphatic carbocycles. The van der Waals surface area contributed by atoms with Gasteiger partial charge in [0.1, 0.15) is 17.4 Å². The van der Waals surface area contributed by atoms with Crippen LogP contribution in [0.15, 0.2) is 31.0 Å². The van der Waals surface area contributed by atoms with Crippen LogP contribution in [0.5, 0.6) is 11.5 Å². The monoisotopic (exact) mass is 315 g/mol. The van der Waals surface area contributed by atoms with Crippen molar-refractivity contribution in [2.75, 3.05) is 12.4 Å². The molecule has 5 nitrogen and oxygen atoms in total. The number of rotatable bonds is 4. The Morgan fingerprint density at radius 3 is 2.52 bits per heavy atom. The number of halogens is 1. The van der Waals surface area contributed by atoms with Crippen molar-refractivity contribution < 1.29 is 19.0 Å². The van der Waals surface area contributed by atoms with Crippen LogP contribution in [0, 0.1) is 13.8 Å². The quantitative estimate of drug-likeness (QED) is 0.941. The summed E-state index contributed by atoms with van der Waals surface area (Å²) < 4.78 is 18.3. The third-order valence-electron chi connectivity index (χ3n) is 3.38. The van der Waals surface area contributed by atoms with Crippen LogP contribution in [0.2, 0.25) is 0 Å². The third-order valence-corrected chi connectivity index (χ3v) is 3.38. The molecule has 0 saturated carbocycles. The Hall–Kier alpha value is -2.89. The van der Waals surface area contributed by atoms with Crippen molar-refractivity contribution in [1.82, 2.24) is 4.98 Å². The van der Waals surface area contributed by atoms with Gasteiger partial charge in [-0.2, -0.15) is 0 Å². The number of hydrogen-bond acceptors (Lipinski definition) is 4. The van der Waals surface area contributed by atoms with Gasteiger partial charge in [0.15, 0.2) is 0 Å². The molecule has 1 aromatic carbocycles. The van der Waals surface area contributed by atoms with Crippen molar-refractivity contribution >= 4 is 17.6 Å². The Bertz CT molecular complexity index is 788. The Kier molecular flexibility index (Phi) is 4.64. The van der Waals surface area contributed by atoms with Crippen LogP contribution in [0.1, 0.15) is 27.0 Å². The lowest BCUT2D eigenvalue weighted by molar-refractivity contribution is -0.268. The Morgan fingerprint density at radius 2 is 1.96 bits per heavy atom. The zero-order valence-corrected chi connectivity index (χ0v) is 13.1. The molecule has 1 aromatic heterocycles. The van der Waals surface area contributed by atoms with E-state index in [0.29, 0.717) is 22.7 Å². The molecule has 2 rings (SSSR count). The number of nitrogens with zero attached hydrogens (tertiary/aromatic N) is 1. The maximum absolute atomic E-state index is 13.3. The van der Waals surface area contributed by atoms with E-state index >= 15 is 0 Å². The van der Waals surface area contributed by atoms with Gasteiger partial charge in [0.05, 0.1) is 13.3 Å². The van der Waals surface area contributed by atoms with Gasteiger partial charge in [0, 0.05) is 11.1 Å². The predicted molar refractivity (Wildman–Crippen MR) is 84.2 cm³/mol. The average Bonchev–Trinajstić information content (AvgIpc) is 2.48. The highest BCUT2D eigenvalue weighted by Gasteiger charge is 2.14. The molecule has 0 fully saturated rings. The minimum absolute atomic E-state index is 0.190. The molecule has 1 amide bonds. The van der Waals surface area contributed by atoms with Gasteiger partial charge in [-0.3, -0.25) is 4.79 Å². The predicted octanol–water partition coefficient (Wildman–Crippen LogP) is 2.97. The van der Waals surface area contributed by atoms with E-state index in [0.717, 1.165) is 0 Å². The molecule has 6 heteroatoms. The van der Waals surface area contributed by atoms with Gasteiger partial charge in [0.2, 0.25) is 0 Å². The minimum Gasteiger partial charge on any atom is -0.872 e. The fourth-order valence-corrected chi connectivity index (χ4v) is 2.10. The Balaban J connectivity index is 2.34. The number of pyridine rings is 1. The first-order chi connectivity index (χ1) is 10.8. The first-order valence-electron chi connectivity index (χ1n) is 6.82. The number of aryl methyl sites for hydroxylation is 2. The smallest absolute Gasteiger partial charge is 0.257 e. The van der Waals surface area contributed by atoms with Gasteiger partial charge in [-0.1, -0.05) is 18.4 Å². The highest BCUT2D eigenvalue weighted by Crippen LogP contribution is 2.27. The molecule has 0 saturated heterocycles. The second-order valence-corrected chi connectivity index (χ2v) is 5.06. The van der Waals surface area contributed by atoms with Gasteiger partial charge < -0.3 is 15.2 Å². The topological polar surface area (TPSA) is 74.3 Å². The summed E-state index contributed by atoms with van der Waals surface area (Å²) in [6, 6.07) is 4.14. The molecule has 2 aromatic rings. The fourth-order valence-electron chi connectivity index (χ4n) is 2.10. The SMILES string of the molecule is C=C(F)c1cc(C(=O)Nc2ncc(OC)cc2C)c(C)cc1[O-]. The number of amides is 1. The summed E-state index contributed by atoms with van der Waals surface area (Å²) in [6.07, 6.45) is 1.48. The molecule has 1 N–H and O–H groups in total. The minimum atomic E-state index is -0.872. The van der Waals surface area contributed by atoms with E-state index in [1.54, 1.807) is 19.9 Å². The first-order valence-corrected chi connectivity index (χ1v) is 6.82. The van der Waals surface area contributed by atoms with E-state index in [2.05, 4.69) is 16.9 Å². The van der Waals surface area contributed by atoms with Crippen molar-refractivity contribution in [1.29, 1.82) is 0 Å². The molecule has 0 unspecified atom stereocenters. The third kappa shape index (κ3) is 3.48. The van der Waals surface area contributed by atoms with Crippen molar-refractivity contribution in [2.45, 2.75) is 13.8 Å². The average molecular weight is 315 g/mol. The second kappa shape index (κ2) is 6.48. The van der Waals surface area contributed by atoms with Gasteiger partial charge in [-0.15, -0.1) is 0 Å². The molecule has 0 radical (unpaired) electrons. The summed E-state index contributed by atoms with van der Waals surface area (Å²) in [6.45, 7) is 6.49. The number of nitrogens with one attached hydrogen (secondary N) is 1. The van der Waals surface area contributed by atoms with Gasteiger partial charge >= 0.3 is 0 Å². The normalized spacial score (nSPS) is 10.3. The fraction of sp³-hybridized carbons (Fsp3) is 0.176. The second-order valence-electron chi connectivity index (χ2n) is 5.06. The number of aromatic nitrogens is 1. The van der Waals surface area contributed by atoms with Crippen LogP contribution in [0.25, 0.3) is 5.83 Å². The molecule has 120 valence electrons. The summed E-state index contributed by atoms with van der Waals surface area (Å²) in [4.78, 5) is 16.5. The van der Waals surface area contributed by atoms with Crippen LogP contribution >= 0.6 is 0 Å². The number of hydrogen-bond donors (Lipinski definition) is 1. The molecule has 0 aliphatic rings. The lowest BCUT2D eigenvalue weighted by Crippen LogP contribution is -2.16. The van der Waals surface area contributed by atoms with E-state index in [1.807, 2.05) is 0 Å². The van der Waals surface area contributed by atoms with Crippen molar-refractivity contribution in [2.24, 2.45) is 0 Å². The van der Waals surface area contributed by atoms with Crippen molar-refractivity contribution in [3.05, 3.63) is 53.2 Å². The van der Waals surface area contributed by atoms with Crippen LogP contribution < -0.4 is 15.2 Å². The number of ether oxygens (including phenoxy) is 1. The summed E-state index contributed by atoms with van der Waals surface area (Å²) in [5.74, 6) is -0.927. The molecule has 0 aliphatic heterocycles. The number of benzene rings is 1. The van der Waals surface area contributed by atoms with Crippen molar-refractivity contribution in [3.8, 4) is 11.5 Å². The Morgan fingerprint density at radius 1 is 1.26 bits per heavy atom. The molecule has 23 heavy (non-hydrogen) atoms. The van der Waals surface area contributed by atoms with E-state index in [9.17, 15) is 14.3 Å². The van der Waals surface area contributed by atoms with Crippen LogP contribution in [0.4, 0.5) is 10.2 Å². The van der Waals surface area contributed by atoms with E-state index in [4.69, 9.17) is 4.74 Å². The van der Waals surface area contributed by atoms with Crippen LogP contribution in [-0.4, -0.2) is 18.0 Å². The highest BCUT2D eigenvalue weighted by atomic mass is 19.1. The number of methoxy groups -OCH3 is 1. The molecular formula is C17H16FN2O3-.